The zero-order valence-electron chi connectivity index (χ0n) is 33.4. The van der Waals surface area contributed by atoms with Crippen LogP contribution in [-0.2, 0) is 52.4 Å². The van der Waals surface area contributed by atoms with Crippen molar-refractivity contribution in [2.75, 3.05) is 73.1 Å². The number of carbonyl (C=O) groups is 5. The number of nitrogens with one attached hydrogen (secondary N) is 3. The fourth-order valence-corrected chi connectivity index (χ4v) is 5.34. The molecule has 0 aromatic carbocycles. The van der Waals surface area contributed by atoms with E-state index in [1.165, 1.54) is 58.5 Å². The van der Waals surface area contributed by atoms with Crippen LogP contribution in [0.5, 0.6) is 0 Å². The van der Waals surface area contributed by atoms with Gasteiger partial charge in [0.2, 0.25) is 17.7 Å². The fraction of sp³-hybridized carbons (Fsp3) is 0.872. The van der Waals surface area contributed by atoms with Crippen LogP contribution in [0.2, 0.25) is 0 Å². The number of rotatable bonds is 38. The first-order valence-electron chi connectivity index (χ1n) is 20.1. The summed E-state index contributed by atoms with van der Waals surface area (Å²) in [5.74, 6) is -1.38. The molecule has 0 spiro atoms. The number of unbranched alkanes of at least 4 members (excludes halogenated alkanes) is 13. The molecule has 1 unspecified atom stereocenters. The second kappa shape index (κ2) is 37.5. The number of amides is 3. The van der Waals surface area contributed by atoms with Gasteiger partial charge in [0.25, 0.3) is 0 Å². The van der Waals surface area contributed by atoms with E-state index in [0.29, 0.717) is 45.8 Å². The molecule has 14 nitrogen and oxygen atoms in total. The summed E-state index contributed by atoms with van der Waals surface area (Å²) in [6.07, 6.45) is 16.9. The van der Waals surface area contributed by atoms with Crippen LogP contribution >= 0.6 is 0 Å². The Balaban J connectivity index is 3.75. The predicted molar refractivity (Wildman–Crippen MR) is 203 cm³/mol. The molecule has 0 heterocycles. The Morgan fingerprint density at radius 2 is 1.00 bits per heavy atom. The molecule has 0 saturated carbocycles. The first-order chi connectivity index (χ1) is 25.7. The molecule has 0 fully saturated rings. The van der Waals surface area contributed by atoms with Crippen LogP contribution in [0.3, 0.4) is 0 Å². The molecular weight excluding hydrogens is 686 g/mol. The van der Waals surface area contributed by atoms with Crippen LogP contribution in [-0.4, -0.2) is 115 Å². The van der Waals surface area contributed by atoms with E-state index in [0.717, 1.165) is 38.5 Å². The molecule has 0 aliphatic carbocycles. The number of ether oxygens (including phenoxy) is 6. The summed E-state index contributed by atoms with van der Waals surface area (Å²) in [5, 5.41) is 8.14. The minimum atomic E-state index is -0.878. The highest BCUT2D eigenvalue weighted by molar-refractivity contribution is 5.85. The predicted octanol–water partition coefficient (Wildman–Crippen LogP) is 4.94. The highest BCUT2D eigenvalue weighted by Crippen LogP contribution is 2.14. The molecule has 0 bridgehead atoms. The van der Waals surface area contributed by atoms with E-state index in [1.807, 2.05) is 20.8 Å². The van der Waals surface area contributed by atoms with Gasteiger partial charge in [0, 0.05) is 39.0 Å². The first-order valence-corrected chi connectivity index (χ1v) is 20.1. The molecule has 0 aliphatic rings. The van der Waals surface area contributed by atoms with Gasteiger partial charge in [-0.25, -0.2) is 4.79 Å². The fourth-order valence-electron chi connectivity index (χ4n) is 5.34. The first kappa shape index (κ1) is 50.2. The Bertz CT molecular complexity index is 936. The quantitative estimate of drug-likeness (QED) is 0.0575. The lowest BCUT2D eigenvalue weighted by Gasteiger charge is -2.16. The molecule has 0 aromatic heterocycles. The zero-order valence-corrected chi connectivity index (χ0v) is 33.4. The van der Waals surface area contributed by atoms with Gasteiger partial charge in [0.15, 0.2) is 0 Å². The molecule has 0 radical (unpaired) electrons. The SMILES string of the molecule is CCOCCOCCNC(=O)COCCOCCNC(=O)CCC(NC(=O)CCCCCCCCCCCCCCCCC(=O)OC(C)C)C(=O)OC. The zero-order chi connectivity index (χ0) is 39.2. The smallest absolute Gasteiger partial charge is 0.328 e. The molecule has 14 heteroatoms. The summed E-state index contributed by atoms with van der Waals surface area (Å²) in [5.41, 5.74) is 0. The van der Waals surface area contributed by atoms with Crippen LogP contribution in [0.15, 0.2) is 0 Å². The van der Waals surface area contributed by atoms with Crippen molar-refractivity contribution in [2.45, 2.75) is 148 Å². The van der Waals surface area contributed by atoms with Crippen molar-refractivity contribution in [2.24, 2.45) is 0 Å². The maximum absolute atomic E-state index is 12.5. The average molecular weight is 760 g/mol. The van der Waals surface area contributed by atoms with Crippen molar-refractivity contribution >= 4 is 29.7 Å². The Hall–Kier alpha value is -2.81. The third kappa shape index (κ3) is 36.0. The van der Waals surface area contributed by atoms with E-state index in [9.17, 15) is 24.0 Å². The minimum Gasteiger partial charge on any atom is -0.467 e. The molecule has 53 heavy (non-hydrogen) atoms. The number of hydrogen-bond donors (Lipinski definition) is 3. The van der Waals surface area contributed by atoms with Gasteiger partial charge in [-0.1, -0.05) is 77.0 Å². The van der Waals surface area contributed by atoms with E-state index in [2.05, 4.69) is 16.0 Å². The van der Waals surface area contributed by atoms with Gasteiger partial charge in [-0.05, 0) is 40.0 Å². The number of carbonyl (C=O) groups excluding carboxylic acids is 5. The van der Waals surface area contributed by atoms with Crippen molar-refractivity contribution in [3.8, 4) is 0 Å². The maximum Gasteiger partial charge on any atom is 0.328 e. The lowest BCUT2D eigenvalue weighted by molar-refractivity contribution is -0.147. The second-order valence-electron chi connectivity index (χ2n) is 13.3. The van der Waals surface area contributed by atoms with Gasteiger partial charge >= 0.3 is 11.9 Å². The number of esters is 2. The Labute approximate surface area is 319 Å². The average Bonchev–Trinajstić information content (AvgIpc) is 3.13. The standard InChI is InChI=1S/C39H73N3O11/c1-5-49-28-29-50-27-25-41-37(45)32-52-31-30-51-26-24-40-35(43)23-22-34(39(47)48-4)42-36(44)20-18-16-14-12-10-8-6-7-9-11-13-15-17-19-21-38(46)53-33(2)3/h33-34H,5-32H2,1-4H3,(H,40,43)(H,41,45)(H,42,44). The highest BCUT2D eigenvalue weighted by atomic mass is 16.5. The van der Waals surface area contributed by atoms with Crippen LogP contribution in [0.4, 0.5) is 0 Å². The van der Waals surface area contributed by atoms with Crippen molar-refractivity contribution in [3.05, 3.63) is 0 Å². The normalized spacial score (nSPS) is 11.6. The molecule has 0 aliphatic heterocycles. The highest BCUT2D eigenvalue weighted by Gasteiger charge is 2.22. The Kier molecular flexibility index (Phi) is 35.5. The topological polar surface area (TPSA) is 177 Å². The summed E-state index contributed by atoms with van der Waals surface area (Å²) in [6, 6.07) is -0.878. The third-order valence-electron chi connectivity index (χ3n) is 8.20. The lowest BCUT2D eigenvalue weighted by atomic mass is 10.0. The summed E-state index contributed by atoms with van der Waals surface area (Å²) in [6.45, 7) is 9.09. The van der Waals surface area contributed by atoms with Crippen LogP contribution in [0.1, 0.15) is 136 Å². The van der Waals surface area contributed by atoms with E-state index in [1.54, 1.807) is 0 Å². The number of hydrogen-bond acceptors (Lipinski definition) is 11. The van der Waals surface area contributed by atoms with Gasteiger partial charge in [0.05, 0.1) is 52.9 Å². The molecule has 310 valence electrons. The third-order valence-corrected chi connectivity index (χ3v) is 8.20. The van der Waals surface area contributed by atoms with E-state index in [4.69, 9.17) is 28.4 Å². The van der Waals surface area contributed by atoms with Crippen LogP contribution in [0.25, 0.3) is 0 Å². The Morgan fingerprint density at radius 3 is 1.51 bits per heavy atom. The molecule has 0 rings (SSSR count). The van der Waals surface area contributed by atoms with Gasteiger partial charge < -0.3 is 44.4 Å². The summed E-state index contributed by atoms with van der Waals surface area (Å²) >= 11 is 0. The van der Waals surface area contributed by atoms with Crippen LogP contribution < -0.4 is 16.0 Å². The largest absolute Gasteiger partial charge is 0.467 e. The van der Waals surface area contributed by atoms with Crippen molar-refractivity contribution < 1.29 is 52.4 Å². The lowest BCUT2D eigenvalue weighted by Crippen LogP contribution is -2.42. The van der Waals surface area contributed by atoms with Crippen molar-refractivity contribution in [1.29, 1.82) is 0 Å². The summed E-state index contributed by atoms with van der Waals surface area (Å²) in [7, 11) is 1.26. The van der Waals surface area contributed by atoms with Gasteiger partial charge in [0.1, 0.15) is 12.6 Å². The second-order valence-corrected chi connectivity index (χ2v) is 13.3. The molecule has 1 atom stereocenters. The van der Waals surface area contributed by atoms with Gasteiger partial charge in [-0.2, -0.15) is 0 Å². The van der Waals surface area contributed by atoms with E-state index >= 15 is 0 Å². The van der Waals surface area contributed by atoms with E-state index in [-0.39, 0.29) is 75.6 Å². The molecule has 0 saturated heterocycles. The monoisotopic (exact) mass is 760 g/mol. The van der Waals surface area contributed by atoms with Crippen LogP contribution in [0, 0.1) is 0 Å². The molecule has 3 amide bonds. The minimum absolute atomic E-state index is 0.0297. The summed E-state index contributed by atoms with van der Waals surface area (Å²) in [4.78, 5) is 60.2. The van der Waals surface area contributed by atoms with Gasteiger partial charge in [-0.15, -0.1) is 0 Å². The van der Waals surface area contributed by atoms with Gasteiger partial charge in [-0.3, -0.25) is 19.2 Å². The molecule has 0 aromatic rings. The van der Waals surface area contributed by atoms with E-state index < -0.39 is 12.0 Å². The van der Waals surface area contributed by atoms with Crippen molar-refractivity contribution in [3.63, 3.8) is 0 Å². The molecular formula is C39H73N3O11. The maximum atomic E-state index is 12.5. The summed E-state index contributed by atoms with van der Waals surface area (Å²) < 4.78 is 31.2. The number of methoxy groups -OCH3 is 1. The van der Waals surface area contributed by atoms with Crippen molar-refractivity contribution in [1.82, 2.24) is 16.0 Å². The Morgan fingerprint density at radius 1 is 0.528 bits per heavy atom. The molecule has 3 N–H and O–H groups in total.